The first-order chi connectivity index (χ1) is 4.46. The van der Waals surface area contributed by atoms with Gasteiger partial charge in [-0.3, -0.25) is 22.6 Å². The molecule has 0 heterocycles. The van der Waals surface area contributed by atoms with Crippen molar-refractivity contribution in [3.05, 3.63) is 5.14 Å². The molecule has 0 radical (unpaired) electrons. The second kappa shape index (κ2) is 8.00. The third-order valence-electron chi connectivity index (χ3n) is 1.28. The first-order valence-electron chi connectivity index (χ1n) is 3.31. The zero-order chi connectivity index (χ0) is 8.31. The van der Waals surface area contributed by atoms with Crippen LogP contribution in [0, 0.1) is 5.14 Å². The Kier molecular flexibility index (Phi) is 13.8. The Morgan fingerprint density at radius 1 is 0.692 bits per heavy atom. The van der Waals surface area contributed by atoms with Crippen LogP contribution in [0.1, 0.15) is 0 Å². The molecule has 68 valence electrons. The number of hydrogen-bond acceptors (Lipinski definition) is 0. The van der Waals surface area contributed by atoms with Crippen molar-refractivity contribution in [3.8, 4) is 0 Å². The molecule has 0 amide bonds. The molecule has 0 spiro atoms. The molecule has 0 nitrogen and oxygen atoms in total. The molecule has 13 heavy (non-hydrogen) atoms. The van der Waals surface area contributed by atoms with Crippen LogP contribution in [0.15, 0.2) is 0 Å². The van der Waals surface area contributed by atoms with Gasteiger partial charge < -0.3 is 0 Å². The van der Waals surface area contributed by atoms with E-state index in [1.807, 2.05) is 0 Å². The molecule has 0 rings (SSSR count). The molecule has 0 aromatic carbocycles. The van der Waals surface area contributed by atoms with Gasteiger partial charge in [0.15, 0.2) is 0 Å². The van der Waals surface area contributed by atoms with E-state index in [4.69, 9.17) is 0 Å². The minimum absolute atomic E-state index is 0. The summed E-state index contributed by atoms with van der Waals surface area (Å²) in [4.78, 5) is 0. The summed E-state index contributed by atoms with van der Waals surface area (Å²) in [7, 11) is -1.32. The third-order valence-corrected chi connectivity index (χ3v) is 11.5. The second-order valence-electron chi connectivity index (χ2n) is 2.72. The van der Waals surface area contributed by atoms with E-state index in [9.17, 15) is 0 Å². The van der Waals surface area contributed by atoms with Gasteiger partial charge in [-0.05, 0) is 0 Å². The Bertz CT molecular complexity index is 158. The van der Waals surface area contributed by atoms with Crippen molar-refractivity contribution in [2.75, 3.05) is 20.0 Å². The first kappa shape index (κ1) is 22.4. The van der Waals surface area contributed by atoms with Crippen LogP contribution in [0.3, 0.4) is 0 Å². The van der Waals surface area contributed by atoms with Crippen LogP contribution in [0.2, 0.25) is 0 Å². The van der Waals surface area contributed by atoms with Gasteiger partial charge in [0.2, 0.25) is 0 Å². The molecule has 3 atom stereocenters. The fraction of sp³-hybridized carbons (Fsp3) is 0.429. The maximum atomic E-state index is 4.12. The molecule has 0 N–H and O–H groups in total. The Balaban J connectivity index is -0.000000135. The largest absolute Gasteiger partial charge is 0.252 e. The molecule has 6 heteroatoms. The summed E-state index contributed by atoms with van der Waals surface area (Å²) in [6, 6.07) is 0. The SMILES string of the molecule is C=[PH](C)[C-]([PH](=C)C)[PH](=C)C.[Rf].[Rf].[Rf]. The molecule has 0 aliphatic heterocycles. The van der Waals surface area contributed by atoms with Crippen LogP contribution < -0.4 is 0 Å². The summed E-state index contributed by atoms with van der Waals surface area (Å²) in [5.41, 5.74) is 0. The fourth-order valence-electron chi connectivity index (χ4n) is 1.09. The van der Waals surface area contributed by atoms with E-state index in [0.29, 0.717) is 0 Å². The van der Waals surface area contributed by atoms with E-state index in [1.165, 1.54) is 0 Å². The summed E-state index contributed by atoms with van der Waals surface area (Å²) >= 11 is 0. The molecule has 0 aliphatic carbocycles. The second-order valence-corrected chi connectivity index (χ2v) is 10.4. The van der Waals surface area contributed by atoms with Crippen LogP contribution in [-0.2, 0) is 0 Å². The summed E-state index contributed by atoms with van der Waals surface area (Å²) in [5.74, 6) is 0. The van der Waals surface area contributed by atoms with Crippen molar-refractivity contribution >= 4 is 41.5 Å². The van der Waals surface area contributed by atoms with Crippen molar-refractivity contribution in [1.29, 1.82) is 0 Å². The summed E-state index contributed by atoms with van der Waals surface area (Å²) < 4.78 is 0. The number of hydrogen-bond donors (Lipinski definition) is 0. The van der Waals surface area contributed by atoms with E-state index in [-0.39, 0.29) is 0 Å². The predicted molar refractivity (Wildman–Crippen MR) is 67.3 cm³/mol. The maximum absolute atomic E-state index is 4.12. The molecule has 0 aliphatic rings. The maximum Gasteiger partial charge on any atom is 0 e. The van der Waals surface area contributed by atoms with E-state index in [1.54, 1.807) is 5.14 Å². The summed E-state index contributed by atoms with van der Waals surface area (Å²) in [5, 5.41) is 1.67. The molecule has 0 saturated heterocycles. The quantitative estimate of drug-likeness (QED) is 0.302. The molecule has 0 aromatic heterocycles. The van der Waals surface area contributed by atoms with Crippen LogP contribution >= 0.6 is 22.6 Å². The van der Waals surface area contributed by atoms with Crippen LogP contribution in [0.25, 0.3) is 0 Å². The minimum Gasteiger partial charge on any atom is -0.252 e. The zero-order valence-corrected chi connectivity index (χ0v) is 31.4. The van der Waals surface area contributed by atoms with E-state index in [0.717, 1.165) is 0 Å². The average Bonchev–Trinajstić information content (AvgIpc) is 1.59. The molecule has 0 aromatic rings. The normalized spacial score (nSPS) is 15.7. The smallest absolute Gasteiger partial charge is 0 e. The Morgan fingerprint density at radius 3 is 0.846 bits per heavy atom. The van der Waals surface area contributed by atoms with Gasteiger partial charge >= 0.3 is 0 Å². The molecule has 3 unspecified atom stereocenters. The minimum atomic E-state index is -0.440. The van der Waals surface area contributed by atoms with Crippen molar-refractivity contribution in [3.63, 3.8) is 0 Å². The van der Waals surface area contributed by atoms with Gasteiger partial charge in [0.05, 0.1) is 0 Å². The summed E-state index contributed by atoms with van der Waals surface area (Å²) in [6.45, 7) is 6.75. The molecule has 0 bridgehead atoms. The predicted octanol–water partition coefficient (Wildman–Crippen LogP) is 2.26. The Labute approximate surface area is 67.2 Å². The number of rotatable bonds is 3. The molecule has 0 fully saturated rings. The van der Waals surface area contributed by atoms with E-state index < -0.39 is 22.6 Å². The van der Waals surface area contributed by atoms with E-state index in [2.05, 4.69) is 38.9 Å². The molecule has 0 saturated carbocycles. The third kappa shape index (κ3) is 6.30. The molecular formula is C7H18P3Rf3-. The Morgan fingerprint density at radius 2 is 0.846 bits per heavy atom. The topological polar surface area (TPSA) is 0 Å². The van der Waals surface area contributed by atoms with Gasteiger partial charge in [0, 0.05) is 0 Å². The average molecular weight is 996 g/mol. The molecular weight excluding hydrogens is 978 g/mol. The van der Waals surface area contributed by atoms with Crippen molar-refractivity contribution < 1.29 is 0 Å². The zero-order valence-electron chi connectivity index (χ0n) is 9.24. The van der Waals surface area contributed by atoms with Gasteiger partial charge in [-0.1, -0.05) is 20.0 Å². The van der Waals surface area contributed by atoms with E-state index >= 15 is 0 Å². The van der Waals surface area contributed by atoms with Gasteiger partial charge in [0.25, 0.3) is 0 Å². The standard InChI is InChI=1S/C7H18P3.3Rf/c1-8(2)7(9(3)4)10(5)6;;;/h8-10H,1,3,5H2,2,4,6H3;;;/q-1;;;. The van der Waals surface area contributed by atoms with Crippen molar-refractivity contribution in [1.82, 2.24) is 0 Å². The van der Waals surface area contributed by atoms with Crippen LogP contribution in [0.5, 0.6) is 0 Å². The van der Waals surface area contributed by atoms with Crippen LogP contribution in [0.4, 0.5) is 0 Å². The fourth-order valence-corrected chi connectivity index (χ4v) is 9.84. The summed E-state index contributed by atoms with van der Waals surface area (Å²) in [6.07, 6.45) is 12.4. The Hall–Kier alpha value is -2.10. The first-order valence-corrected chi connectivity index (χ1v) is 9.93. The van der Waals surface area contributed by atoms with Gasteiger partial charge in [-0.25, -0.2) is 5.14 Å². The monoisotopic (exact) mass is 996 g/mol. The van der Waals surface area contributed by atoms with Crippen molar-refractivity contribution in [2.45, 2.75) is 0 Å². The van der Waals surface area contributed by atoms with Crippen LogP contribution in [-0.4, -0.2) is 38.9 Å². The van der Waals surface area contributed by atoms with Gasteiger partial charge in [-0.2, -0.15) is 0 Å². The van der Waals surface area contributed by atoms with Gasteiger partial charge in [-0.15, -0.1) is 18.9 Å². The van der Waals surface area contributed by atoms with Crippen molar-refractivity contribution in [2.24, 2.45) is 0 Å². The van der Waals surface area contributed by atoms with Gasteiger partial charge in [0.1, 0.15) is 0 Å².